The first-order valence-corrected chi connectivity index (χ1v) is 12.0. The Morgan fingerprint density at radius 3 is 2.53 bits per heavy atom. The lowest BCUT2D eigenvalue weighted by molar-refractivity contribution is -0.123. The summed E-state index contributed by atoms with van der Waals surface area (Å²) in [6.07, 6.45) is -1.13. The third kappa shape index (κ3) is 6.27. The number of carbonyl (C=O) groups excluding carboxylic acids is 2. The van der Waals surface area contributed by atoms with Crippen molar-refractivity contribution in [3.05, 3.63) is 52.6 Å². The maximum atomic E-state index is 13.0. The molecule has 3 aromatic rings. The molecule has 1 aliphatic rings. The van der Waals surface area contributed by atoms with E-state index in [0.717, 1.165) is 11.1 Å². The Bertz CT molecular complexity index is 1210. The van der Waals surface area contributed by atoms with Crippen LogP contribution in [0.1, 0.15) is 27.1 Å². The van der Waals surface area contributed by atoms with Crippen molar-refractivity contribution in [1.29, 1.82) is 0 Å². The standard InChI is InChI=1S/C23H23F3N6O3S/c1-2-35-17-9-15(11-27-12-17)16-10-19(36-13-16)22(34)32-7-5-31(6-8-32)20-4-3-18(29-30-20)21(33)28-14-23(24,25)26/h3-4,9-13H,2,5-8,14H2,1H3,(H,28,33). The van der Waals surface area contributed by atoms with E-state index < -0.39 is 18.6 Å². The second-order valence-corrected chi connectivity index (χ2v) is 8.81. The van der Waals surface area contributed by atoms with Crippen LogP contribution in [0.15, 0.2) is 42.0 Å². The third-order valence-corrected chi connectivity index (χ3v) is 6.31. The van der Waals surface area contributed by atoms with Gasteiger partial charge in [0, 0.05) is 37.9 Å². The molecule has 1 N–H and O–H groups in total. The molecule has 9 nitrogen and oxygen atoms in total. The second kappa shape index (κ2) is 10.9. The number of alkyl halides is 3. The highest BCUT2D eigenvalue weighted by atomic mass is 32.1. The van der Waals surface area contributed by atoms with E-state index in [0.29, 0.717) is 49.2 Å². The Hall–Kier alpha value is -3.74. The van der Waals surface area contributed by atoms with E-state index in [1.165, 1.54) is 23.5 Å². The van der Waals surface area contributed by atoms with Crippen molar-refractivity contribution >= 4 is 29.0 Å². The van der Waals surface area contributed by atoms with Gasteiger partial charge in [-0.1, -0.05) is 0 Å². The molecule has 0 atom stereocenters. The van der Waals surface area contributed by atoms with E-state index >= 15 is 0 Å². The minimum absolute atomic E-state index is 0.0670. The van der Waals surface area contributed by atoms with E-state index in [1.807, 2.05) is 29.3 Å². The average molecular weight is 521 g/mol. The summed E-state index contributed by atoms with van der Waals surface area (Å²) >= 11 is 1.37. The largest absolute Gasteiger partial charge is 0.492 e. The molecule has 36 heavy (non-hydrogen) atoms. The number of rotatable bonds is 7. The summed E-state index contributed by atoms with van der Waals surface area (Å²) in [6, 6.07) is 6.59. The molecule has 1 saturated heterocycles. The van der Waals surface area contributed by atoms with E-state index in [9.17, 15) is 22.8 Å². The smallest absolute Gasteiger partial charge is 0.405 e. The Morgan fingerprint density at radius 1 is 1.08 bits per heavy atom. The van der Waals surface area contributed by atoms with E-state index in [-0.39, 0.29) is 11.6 Å². The van der Waals surface area contributed by atoms with Crippen LogP contribution in [-0.4, -0.2) is 77.4 Å². The maximum Gasteiger partial charge on any atom is 0.405 e. The van der Waals surface area contributed by atoms with Gasteiger partial charge >= 0.3 is 6.18 Å². The van der Waals surface area contributed by atoms with Gasteiger partial charge in [0.05, 0.1) is 17.7 Å². The van der Waals surface area contributed by atoms with Crippen LogP contribution in [0, 0.1) is 0 Å². The number of nitrogens with zero attached hydrogens (tertiary/aromatic N) is 5. The van der Waals surface area contributed by atoms with Gasteiger partial charge in [-0.2, -0.15) is 13.2 Å². The van der Waals surface area contributed by atoms with Gasteiger partial charge in [-0.25, -0.2) is 0 Å². The van der Waals surface area contributed by atoms with Gasteiger partial charge in [0.2, 0.25) is 0 Å². The minimum atomic E-state index is -4.50. The molecule has 3 aromatic heterocycles. The molecular weight excluding hydrogens is 497 g/mol. The van der Waals surface area contributed by atoms with Gasteiger partial charge in [0.1, 0.15) is 12.3 Å². The van der Waals surface area contributed by atoms with E-state index in [1.54, 1.807) is 22.6 Å². The molecule has 0 aromatic carbocycles. The van der Waals surface area contributed by atoms with Crippen LogP contribution in [0.3, 0.4) is 0 Å². The van der Waals surface area contributed by atoms with E-state index in [2.05, 4.69) is 15.2 Å². The molecule has 4 heterocycles. The second-order valence-electron chi connectivity index (χ2n) is 7.90. The number of amides is 2. The summed E-state index contributed by atoms with van der Waals surface area (Å²) in [5.74, 6) is 0.137. The summed E-state index contributed by atoms with van der Waals surface area (Å²) in [5, 5.41) is 11.4. The van der Waals surface area contributed by atoms with Crippen LogP contribution >= 0.6 is 11.3 Å². The van der Waals surface area contributed by atoms with Crippen molar-refractivity contribution in [1.82, 2.24) is 25.4 Å². The van der Waals surface area contributed by atoms with Gasteiger partial charge in [0.25, 0.3) is 11.8 Å². The topological polar surface area (TPSA) is 101 Å². The Kier molecular flexibility index (Phi) is 7.67. The molecule has 13 heteroatoms. The number of pyridine rings is 1. The number of piperazine rings is 1. The van der Waals surface area contributed by atoms with Gasteiger partial charge in [0.15, 0.2) is 11.5 Å². The fourth-order valence-corrected chi connectivity index (χ4v) is 4.49. The van der Waals surface area contributed by atoms with Crippen molar-refractivity contribution in [2.75, 3.05) is 44.2 Å². The number of carbonyl (C=O) groups is 2. The number of nitrogens with one attached hydrogen (secondary N) is 1. The Morgan fingerprint density at radius 2 is 1.86 bits per heavy atom. The molecule has 0 unspecified atom stereocenters. The Balaban J connectivity index is 1.32. The number of ether oxygens (including phenoxy) is 1. The first kappa shape index (κ1) is 25.4. The van der Waals surface area contributed by atoms with Crippen LogP contribution < -0.4 is 15.0 Å². The number of halogens is 3. The van der Waals surface area contributed by atoms with Gasteiger partial charge < -0.3 is 19.9 Å². The lowest BCUT2D eigenvalue weighted by Gasteiger charge is -2.35. The van der Waals surface area contributed by atoms with Crippen LogP contribution in [0.25, 0.3) is 11.1 Å². The molecule has 0 bridgehead atoms. The quantitative estimate of drug-likeness (QED) is 0.511. The fraction of sp³-hybridized carbons (Fsp3) is 0.348. The van der Waals surface area contributed by atoms with Gasteiger partial charge in [-0.05, 0) is 42.1 Å². The van der Waals surface area contributed by atoms with E-state index in [4.69, 9.17) is 4.74 Å². The van der Waals surface area contributed by atoms with Crippen LogP contribution in [0.2, 0.25) is 0 Å². The summed E-state index contributed by atoms with van der Waals surface area (Å²) in [4.78, 5) is 33.3. The molecule has 4 rings (SSSR count). The summed E-state index contributed by atoms with van der Waals surface area (Å²) < 4.78 is 42.3. The molecule has 190 valence electrons. The first-order valence-electron chi connectivity index (χ1n) is 11.1. The SMILES string of the molecule is CCOc1cncc(-c2csc(C(=O)N3CCN(c4ccc(C(=O)NCC(F)(F)F)nn4)CC3)c2)c1. The summed E-state index contributed by atoms with van der Waals surface area (Å²) in [7, 11) is 0. The van der Waals surface area contributed by atoms with Crippen molar-refractivity contribution in [2.24, 2.45) is 0 Å². The number of hydrogen-bond acceptors (Lipinski definition) is 8. The third-order valence-electron chi connectivity index (χ3n) is 5.39. The van der Waals surface area contributed by atoms with Crippen LogP contribution in [0.4, 0.5) is 19.0 Å². The maximum absolute atomic E-state index is 13.0. The predicted octanol–water partition coefficient (Wildman–Crippen LogP) is 3.25. The van der Waals surface area contributed by atoms with Gasteiger partial charge in [-0.3, -0.25) is 14.6 Å². The molecule has 1 fully saturated rings. The molecule has 1 aliphatic heterocycles. The monoisotopic (exact) mass is 520 g/mol. The minimum Gasteiger partial charge on any atom is -0.492 e. The van der Waals surface area contributed by atoms with Crippen molar-refractivity contribution in [3.63, 3.8) is 0 Å². The predicted molar refractivity (Wildman–Crippen MR) is 127 cm³/mol. The van der Waals surface area contributed by atoms with Crippen molar-refractivity contribution in [2.45, 2.75) is 13.1 Å². The van der Waals surface area contributed by atoms with Crippen LogP contribution in [0.5, 0.6) is 5.75 Å². The van der Waals surface area contributed by atoms with Gasteiger partial charge in [-0.15, -0.1) is 21.5 Å². The van der Waals surface area contributed by atoms with Crippen molar-refractivity contribution < 1.29 is 27.5 Å². The highest BCUT2D eigenvalue weighted by Gasteiger charge is 2.28. The average Bonchev–Trinajstić information content (AvgIpc) is 3.37. The highest BCUT2D eigenvalue weighted by molar-refractivity contribution is 7.12. The highest BCUT2D eigenvalue weighted by Crippen LogP contribution is 2.28. The number of aromatic nitrogens is 3. The molecule has 0 aliphatic carbocycles. The summed E-state index contributed by atoms with van der Waals surface area (Å²) in [6.45, 7) is 2.92. The molecule has 2 amide bonds. The molecular formula is C23H23F3N6O3S. The zero-order valence-corrected chi connectivity index (χ0v) is 20.1. The normalized spacial score (nSPS) is 14.0. The lowest BCUT2D eigenvalue weighted by atomic mass is 10.1. The zero-order valence-electron chi connectivity index (χ0n) is 19.3. The molecule has 0 spiro atoms. The number of thiophene rings is 1. The van der Waals surface area contributed by atoms with Crippen molar-refractivity contribution in [3.8, 4) is 16.9 Å². The van der Waals surface area contributed by atoms with Crippen LogP contribution in [-0.2, 0) is 0 Å². The summed E-state index contributed by atoms with van der Waals surface area (Å²) in [5.41, 5.74) is 1.56. The molecule has 0 saturated carbocycles. The lowest BCUT2D eigenvalue weighted by Crippen LogP contribution is -2.49. The fourth-order valence-electron chi connectivity index (χ4n) is 3.60. The zero-order chi connectivity index (χ0) is 25.7. The first-order chi connectivity index (χ1) is 17.2. The Labute approximate surface area is 208 Å². The number of anilines is 1. The molecule has 0 radical (unpaired) electrons. The number of hydrogen-bond donors (Lipinski definition) is 1.